The highest BCUT2D eigenvalue weighted by Crippen LogP contribution is 2.34. The number of nitrogens with one attached hydrogen (secondary N) is 2. The summed E-state index contributed by atoms with van der Waals surface area (Å²) in [5.74, 6) is -0.0249. The molecule has 33 heavy (non-hydrogen) atoms. The molecule has 1 aliphatic rings. The minimum Gasteiger partial charge on any atom is -0.382 e. The summed E-state index contributed by atoms with van der Waals surface area (Å²) in [6.07, 6.45) is -0.940. The highest BCUT2D eigenvalue weighted by Gasteiger charge is 2.34. The molecule has 0 aliphatic heterocycles. The number of benzene rings is 2. The van der Waals surface area contributed by atoms with Gasteiger partial charge in [-0.15, -0.1) is 0 Å². The van der Waals surface area contributed by atoms with Gasteiger partial charge in [0, 0.05) is 23.2 Å². The number of amides is 1. The van der Waals surface area contributed by atoms with E-state index >= 15 is 0 Å². The molecule has 1 heterocycles. The number of carbonyl (C=O) groups excluding carboxylic acids is 1. The second-order valence-corrected chi connectivity index (χ2v) is 8.88. The van der Waals surface area contributed by atoms with Crippen molar-refractivity contribution in [3.05, 3.63) is 70.9 Å². The molecule has 0 radical (unpaired) electrons. The lowest BCUT2D eigenvalue weighted by atomic mass is 9.90. The SMILES string of the molecule is Cc1cccc(CC(=O)N[C@@H]2CCC[C@H](Nc3cc(C(F)(F)F)nc4ccccc34)C2)c1C. The van der Waals surface area contributed by atoms with Gasteiger partial charge in [0.2, 0.25) is 5.91 Å². The van der Waals surface area contributed by atoms with Crippen molar-refractivity contribution in [2.75, 3.05) is 5.32 Å². The number of fused-ring (bicyclic) bond motifs is 1. The van der Waals surface area contributed by atoms with Crippen LogP contribution in [-0.2, 0) is 17.4 Å². The Morgan fingerprint density at radius 1 is 1.06 bits per heavy atom. The molecule has 7 heteroatoms. The van der Waals surface area contributed by atoms with Crippen LogP contribution >= 0.6 is 0 Å². The van der Waals surface area contributed by atoms with Gasteiger partial charge in [-0.1, -0.05) is 36.4 Å². The number of para-hydroxylation sites is 1. The first-order chi connectivity index (χ1) is 15.7. The smallest absolute Gasteiger partial charge is 0.382 e. The minimum atomic E-state index is -4.52. The number of halogens is 3. The number of aryl methyl sites for hydroxylation is 1. The Hall–Kier alpha value is -3.09. The predicted octanol–water partition coefficient (Wildman–Crippen LogP) is 5.95. The first kappa shape index (κ1) is 23.1. The number of anilines is 1. The Kier molecular flexibility index (Phi) is 6.58. The zero-order valence-electron chi connectivity index (χ0n) is 18.8. The van der Waals surface area contributed by atoms with Gasteiger partial charge in [0.1, 0.15) is 5.69 Å². The summed E-state index contributed by atoms with van der Waals surface area (Å²) in [5, 5.41) is 7.10. The second kappa shape index (κ2) is 9.41. The van der Waals surface area contributed by atoms with Crippen molar-refractivity contribution >= 4 is 22.5 Å². The highest BCUT2D eigenvalue weighted by atomic mass is 19.4. The van der Waals surface area contributed by atoms with Crippen LogP contribution in [0, 0.1) is 13.8 Å². The van der Waals surface area contributed by atoms with Crippen LogP contribution in [0.1, 0.15) is 48.1 Å². The number of pyridine rings is 1. The van der Waals surface area contributed by atoms with Gasteiger partial charge in [0.25, 0.3) is 0 Å². The van der Waals surface area contributed by atoms with Crippen LogP contribution in [0.3, 0.4) is 0 Å². The molecule has 0 unspecified atom stereocenters. The van der Waals surface area contributed by atoms with E-state index in [0.717, 1.165) is 42.0 Å². The Morgan fingerprint density at radius 3 is 2.61 bits per heavy atom. The van der Waals surface area contributed by atoms with Crippen molar-refractivity contribution in [3.8, 4) is 0 Å². The zero-order valence-corrected chi connectivity index (χ0v) is 18.8. The van der Waals surface area contributed by atoms with Crippen molar-refractivity contribution in [1.29, 1.82) is 0 Å². The molecule has 1 aromatic heterocycles. The van der Waals surface area contributed by atoms with Crippen LogP contribution in [0.15, 0.2) is 48.5 Å². The molecule has 174 valence electrons. The van der Waals surface area contributed by atoms with E-state index in [0.29, 0.717) is 29.4 Å². The fourth-order valence-corrected chi connectivity index (χ4v) is 4.57. The van der Waals surface area contributed by atoms with E-state index in [9.17, 15) is 18.0 Å². The zero-order chi connectivity index (χ0) is 23.6. The molecule has 1 amide bonds. The van der Waals surface area contributed by atoms with Gasteiger partial charge >= 0.3 is 6.18 Å². The first-order valence-corrected chi connectivity index (χ1v) is 11.3. The van der Waals surface area contributed by atoms with Crippen LogP contribution in [0.25, 0.3) is 10.9 Å². The van der Waals surface area contributed by atoms with E-state index < -0.39 is 11.9 Å². The van der Waals surface area contributed by atoms with Crippen LogP contribution in [0.5, 0.6) is 0 Å². The topological polar surface area (TPSA) is 54.0 Å². The molecule has 2 N–H and O–H groups in total. The van der Waals surface area contributed by atoms with Gasteiger partial charge in [0.05, 0.1) is 11.9 Å². The van der Waals surface area contributed by atoms with Gasteiger partial charge in [-0.3, -0.25) is 4.79 Å². The van der Waals surface area contributed by atoms with E-state index in [2.05, 4.69) is 15.6 Å². The van der Waals surface area contributed by atoms with Crippen molar-refractivity contribution in [1.82, 2.24) is 10.3 Å². The Morgan fingerprint density at radius 2 is 1.82 bits per heavy atom. The Bertz CT molecular complexity index is 1160. The van der Waals surface area contributed by atoms with Crippen LogP contribution < -0.4 is 10.6 Å². The fourth-order valence-electron chi connectivity index (χ4n) is 4.57. The third kappa shape index (κ3) is 5.46. The summed E-state index contributed by atoms with van der Waals surface area (Å²) in [5.41, 5.74) is 3.13. The largest absolute Gasteiger partial charge is 0.433 e. The van der Waals surface area contributed by atoms with Crippen LogP contribution in [-0.4, -0.2) is 23.0 Å². The van der Waals surface area contributed by atoms with E-state index in [1.54, 1.807) is 24.3 Å². The molecule has 1 saturated carbocycles. The third-order valence-electron chi connectivity index (χ3n) is 6.47. The van der Waals surface area contributed by atoms with Crippen LogP contribution in [0.4, 0.5) is 18.9 Å². The van der Waals surface area contributed by atoms with Crippen LogP contribution in [0.2, 0.25) is 0 Å². The maximum atomic E-state index is 13.4. The third-order valence-corrected chi connectivity index (χ3v) is 6.47. The maximum absolute atomic E-state index is 13.4. The average molecular weight is 456 g/mol. The molecule has 1 aliphatic carbocycles. The molecule has 0 saturated heterocycles. The summed E-state index contributed by atoms with van der Waals surface area (Å²) in [4.78, 5) is 16.5. The summed E-state index contributed by atoms with van der Waals surface area (Å²) in [6, 6.07) is 13.8. The van der Waals surface area contributed by atoms with E-state index in [1.807, 2.05) is 32.0 Å². The quantitative estimate of drug-likeness (QED) is 0.500. The number of rotatable bonds is 5. The summed E-state index contributed by atoms with van der Waals surface area (Å²) >= 11 is 0. The van der Waals surface area contributed by atoms with Gasteiger partial charge in [-0.05, 0) is 68.4 Å². The first-order valence-electron chi connectivity index (χ1n) is 11.3. The number of nitrogens with zero attached hydrogens (tertiary/aromatic N) is 1. The van der Waals surface area contributed by atoms with E-state index in [1.165, 1.54) is 0 Å². The normalized spacial score (nSPS) is 18.8. The number of hydrogen-bond donors (Lipinski definition) is 2. The molecule has 2 atom stereocenters. The van der Waals surface area contributed by atoms with Crippen molar-refractivity contribution in [3.63, 3.8) is 0 Å². The summed E-state index contributed by atoms with van der Waals surface area (Å²) < 4.78 is 40.1. The molecule has 0 bridgehead atoms. The van der Waals surface area contributed by atoms with Gasteiger partial charge < -0.3 is 10.6 Å². The molecular weight excluding hydrogens is 427 g/mol. The minimum absolute atomic E-state index is 0.0101. The molecule has 3 aromatic rings. The Labute approximate surface area is 191 Å². The highest BCUT2D eigenvalue weighted by molar-refractivity contribution is 5.91. The average Bonchev–Trinajstić information content (AvgIpc) is 2.76. The fraction of sp³-hybridized carbons (Fsp3) is 0.385. The molecule has 4 rings (SSSR count). The molecule has 4 nitrogen and oxygen atoms in total. The standard InChI is InChI=1S/C26H28F3N3O/c1-16-7-5-8-18(17(16)2)13-25(33)31-20-10-6-9-19(14-20)30-23-15-24(26(27,28)29)32-22-12-4-3-11-21(22)23/h3-5,7-8,11-12,15,19-20H,6,9-10,13-14H2,1-2H3,(H,30,32)(H,31,33)/t19-,20+/m0/s1. The Balaban J connectivity index is 1.45. The van der Waals surface area contributed by atoms with Gasteiger partial charge in [-0.25, -0.2) is 4.98 Å². The maximum Gasteiger partial charge on any atom is 0.433 e. The number of hydrogen-bond acceptors (Lipinski definition) is 3. The summed E-state index contributed by atoms with van der Waals surface area (Å²) in [7, 11) is 0. The molecular formula is C26H28F3N3O. The van der Waals surface area contributed by atoms with E-state index in [-0.39, 0.29) is 18.0 Å². The lowest BCUT2D eigenvalue weighted by molar-refractivity contribution is -0.140. The lowest BCUT2D eigenvalue weighted by Crippen LogP contribution is -2.42. The second-order valence-electron chi connectivity index (χ2n) is 8.88. The summed E-state index contributed by atoms with van der Waals surface area (Å²) in [6.45, 7) is 4.05. The number of carbonyl (C=O) groups is 1. The van der Waals surface area contributed by atoms with E-state index in [4.69, 9.17) is 0 Å². The molecule has 0 spiro atoms. The van der Waals surface area contributed by atoms with Crippen molar-refractivity contribution in [2.45, 2.75) is 64.2 Å². The lowest BCUT2D eigenvalue weighted by Gasteiger charge is -2.31. The van der Waals surface area contributed by atoms with Gasteiger partial charge in [-0.2, -0.15) is 13.2 Å². The molecule has 2 aromatic carbocycles. The monoisotopic (exact) mass is 455 g/mol. The van der Waals surface area contributed by atoms with Crippen molar-refractivity contribution < 1.29 is 18.0 Å². The number of aromatic nitrogens is 1. The van der Waals surface area contributed by atoms with Gasteiger partial charge in [0.15, 0.2) is 0 Å². The number of alkyl halides is 3. The molecule has 1 fully saturated rings. The predicted molar refractivity (Wildman–Crippen MR) is 124 cm³/mol. The van der Waals surface area contributed by atoms with Crippen molar-refractivity contribution in [2.24, 2.45) is 0 Å².